The summed E-state index contributed by atoms with van der Waals surface area (Å²) in [5, 5.41) is 11.7. The van der Waals surface area contributed by atoms with Gasteiger partial charge in [-0.3, -0.25) is 0 Å². The molecule has 1 aliphatic rings. The molecule has 0 bridgehead atoms. The fraction of sp³-hybridized carbons (Fsp3) is 0.917. The van der Waals surface area contributed by atoms with Crippen LogP contribution in [0.4, 0.5) is 0 Å². The Bertz CT molecular complexity index is 242. The summed E-state index contributed by atoms with van der Waals surface area (Å²) >= 11 is 0. The Balaban J connectivity index is 2.47. The lowest BCUT2D eigenvalue weighted by Crippen LogP contribution is -2.43. The van der Waals surface area contributed by atoms with Gasteiger partial charge >= 0.3 is 0 Å². The molecule has 0 aromatic rings. The predicted molar refractivity (Wildman–Crippen MR) is 66.6 cm³/mol. The maximum absolute atomic E-state index is 8.62. The smallest absolute Gasteiger partial charge is 0.143 e. The first-order chi connectivity index (χ1) is 7.56. The third kappa shape index (κ3) is 3.37. The average Bonchev–Trinajstić information content (AvgIpc) is 2.28. The van der Waals surface area contributed by atoms with E-state index in [4.69, 9.17) is 10.9 Å². The summed E-state index contributed by atoms with van der Waals surface area (Å²) in [7, 11) is 2.15. The van der Waals surface area contributed by atoms with Gasteiger partial charge in [0.15, 0.2) is 0 Å². The summed E-state index contributed by atoms with van der Waals surface area (Å²) in [6.07, 6.45) is 5.30. The van der Waals surface area contributed by atoms with Crippen molar-refractivity contribution in [3.63, 3.8) is 0 Å². The molecule has 94 valence electrons. The van der Waals surface area contributed by atoms with Crippen molar-refractivity contribution in [1.82, 2.24) is 4.90 Å². The summed E-state index contributed by atoms with van der Waals surface area (Å²) < 4.78 is 0. The molecular weight excluding hydrogens is 202 g/mol. The van der Waals surface area contributed by atoms with E-state index in [1.54, 1.807) is 0 Å². The normalized spacial score (nSPS) is 29.4. The minimum Gasteiger partial charge on any atom is -0.409 e. The van der Waals surface area contributed by atoms with Crippen molar-refractivity contribution in [3.05, 3.63) is 0 Å². The maximum atomic E-state index is 8.62. The van der Waals surface area contributed by atoms with Crippen LogP contribution in [0, 0.1) is 11.8 Å². The lowest BCUT2D eigenvalue weighted by atomic mass is 9.85. The zero-order valence-electron chi connectivity index (χ0n) is 10.7. The second kappa shape index (κ2) is 6.09. The van der Waals surface area contributed by atoms with Crippen LogP contribution < -0.4 is 5.73 Å². The van der Waals surface area contributed by atoms with Crippen LogP contribution in [0.15, 0.2) is 5.16 Å². The van der Waals surface area contributed by atoms with Gasteiger partial charge in [-0.25, -0.2) is 0 Å². The summed E-state index contributed by atoms with van der Waals surface area (Å²) in [5.41, 5.74) is 5.60. The molecule has 16 heavy (non-hydrogen) atoms. The maximum Gasteiger partial charge on any atom is 0.143 e. The first-order valence-electron chi connectivity index (χ1n) is 6.24. The summed E-state index contributed by atoms with van der Waals surface area (Å²) in [4.78, 5) is 2.37. The van der Waals surface area contributed by atoms with Crippen LogP contribution in [0.2, 0.25) is 0 Å². The van der Waals surface area contributed by atoms with E-state index in [1.165, 1.54) is 25.7 Å². The number of oxime groups is 1. The Labute approximate surface area is 98.5 Å². The van der Waals surface area contributed by atoms with Crippen LogP contribution >= 0.6 is 0 Å². The fourth-order valence-electron chi connectivity index (χ4n) is 2.71. The van der Waals surface area contributed by atoms with E-state index in [2.05, 4.69) is 24.0 Å². The van der Waals surface area contributed by atoms with E-state index < -0.39 is 0 Å². The second-order valence-corrected chi connectivity index (χ2v) is 5.19. The molecule has 1 saturated carbocycles. The summed E-state index contributed by atoms with van der Waals surface area (Å²) in [5.74, 6) is 1.21. The van der Waals surface area contributed by atoms with Crippen molar-refractivity contribution in [1.29, 1.82) is 0 Å². The van der Waals surface area contributed by atoms with Gasteiger partial charge in [0.2, 0.25) is 0 Å². The summed E-state index contributed by atoms with van der Waals surface area (Å²) in [6, 6.07) is 0.655. The van der Waals surface area contributed by atoms with Crippen LogP contribution in [-0.2, 0) is 0 Å². The number of hydrogen-bond acceptors (Lipinski definition) is 3. The first kappa shape index (κ1) is 13.3. The Morgan fingerprint density at radius 3 is 2.69 bits per heavy atom. The molecule has 0 heterocycles. The molecule has 1 fully saturated rings. The van der Waals surface area contributed by atoms with Gasteiger partial charge in [0.25, 0.3) is 0 Å². The van der Waals surface area contributed by atoms with Crippen LogP contribution in [0.25, 0.3) is 0 Å². The molecule has 3 atom stereocenters. The van der Waals surface area contributed by atoms with E-state index in [9.17, 15) is 0 Å². The highest BCUT2D eigenvalue weighted by atomic mass is 16.4. The fourth-order valence-corrected chi connectivity index (χ4v) is 2.71. The molecule has 4 nitrogen and oxygen atoms in total. The number of amidine groups is 1. The van der Waals surface area contributed by atoms with Crippen LogP contribution in [0.5, 0.6) is 0 Å². The van der Waals surface area contributed by atoms with Gasteiger partial charge in [0.05, 0.1) is 0 Å². The lowest BCUT2D eigenvalue weighted by molar-refractivity contribution is 0.132. The van der Waals surface area contributed by atoms with Crippen molar-refractivity contribution in [3.8, 4) is 0 Å². The van der Waals surface area contributed by atoms with Crippen LogP contribution in [0.1, 0.15) is 39.5 Å². The zero-order valence-corrected chi connectivity index (χ0v) is 10.7. The third-order valence-electron chi connectivity index (χ3n) is 3.81. The van der Waals surface area contributed by atoms with E-state index in [0.717, 1.165) is 12.5 Å². The predicted octanol–water partition coefficient (Wildman–Crippen LogP) is 1.88. The number of nitrogens with zero attached hydrogens (tertiary/aromatic N) is 2. The van der Waals surface area contributed by atoms with E-state index in [-0.39, 0.29) is 5.92 Å². The van der Waals surface area contributed by atoms with Crippen molar-refractivity contribution in [2.45, 2.75) is 45.6 Å². The highest BCUT2D eigenvalue weighted by Gasteiger charge is 2.26. The molecule has 1 aliphatic carbocycles. The van der Waals surface area contributed by atoms with E-state index in [0.29, 0.717) is 11.9 Å². The van der Waals surface area contributed by atoms with Gasteiger partial charge in [-0.05, 0) is 25.8 Å². The van der Waals surface area contributed by atoms with Crippen molar-refractivity contribution < 1.29 is 5.21 Å². The second-order valence-electron chi connectivity index (χ2n) is 5.19. The average molecular weight is 227 g/mol. The van der Waals surface area contributed by atoms with Gasteiger partial charge in [-0.15, -0.1) is 0 Å². The minimum atomic E-state index is 0.115. The highest BCUT2D eigenvalue weighted by molar-refractivity contribution is 5.82. The standard InChI is InChI=1S/C12H25N3O/c1-9-6-4-5-7-11(9)15(3)8-10(2)12(13)14-16/h9-11,16H,4-8H2,1-3H3,(H2,13,14). The van der Waals surface area contributed by atoms with Crippen molar-refractivity contribution in [2.24, 2.45) is 22.7 Å². The Kier molecular flexibility index (Phi) is 5.06. The molecule has 3 N–H and O–H groups in total. The molecule has 0 amide bonds. The number of nitrogens with two attached hydrogens (primary N) is 1. The molecule has 3 unspecified atom stereocenters. The molecule has 0 aromatic heterocycles. The zero-order chi connectivity index (χ0) is 12.1. The first-order valence-corrected chi connectivity index (χ1v) is 6.24. The van der Waals surface area contributed by atoms with Crippen LogP contribution in [-0.4, -0.2) is 35.6 Å². The largest absolute Gasteiger partial charge is 0.409 e. The lowest BCUT2D eigenvalue weighted by Gasteiger charge is -2.37. The van der Waals surface area contributed by atoms with Crippen LogP contribution in [0.3, 0.4) is 0 Å². The molecule has 1 rings (SSSR count). The summed E-state index contributed by atoms with van der Waals surface area (Å²) in [6.45, 7) is 5.19. The van der Waals surface area contributed by atoms with E-state index >= 15 is 0 Å². The molecule has 0 radical (unpaired) electrons. The van der Waals surface area contributed by atoms with Crippen molar-refractivity contribution >= 4 is 5.84 Å². The number of rotatable bonds is 4. The minimum absolute atomic E-state index is 0.115. The molecular formula is C12H25N3O. The quantitative estimate of drug-likeness (QED) is 0.333. The molecule has 0 aliphatic heterocycles. The van der Waals surface area contributed by atoms with Gasteiger partial charge < -0.3 is 15.8 Å². The number of hydrogen-bond donors (Lipinski definition) is 2. The highest BCUT2D eigenvalue weighted by Crippen LogP contribution is 2.27. The monoisotopic (exact) mass is 227 g/mol. The topological polar surface area (TPSA) is 61.8 Å². The SMILES string of the molecule is CC(CN(C)C1CCCCC1C)C(N)=NO. The van der Waals surface area contributed by atoms with Gasteiger partial charge in [-0.1, -0.05) is 31.8 Å². The Morgan fingerprint density at radius 2 is 2.12 bits per heavy atom. The molecule has 0 spiro atoms. The van der Waals surface area contributed by atoms with Gasteiger partial charge in [0, 0.05) is 18.5 Å². The third-order valence-corrected chi connectivity index (χ3v) is 3.81. The van der Waals surface area contributed by atoms with E-state index in [1.807, 2.05) is 6.92 Å². The van der Waals surface area contributed by atoms with Gasteiger partial charge in [-0.2, -0.15) is 0 Å². The Hall–Kier alpha value is -0.770. The molecule has 4 heteroatoms. The molecule has 0 saturated heterocycles. The molecule has 0 aromatic carbocycles. The van der Waals surface area contributed by atoms with Crippen molar-refractivity contribution in [2.75, 3.05) is 13.6 Å². The Morgan fingerprint density at radius 1 is 1.50 bits per heavy atom. The van der Waals surface area contributed by atoms with Gasteiger partial charge in [0.1, 0.15) is 5.84 Å².